The SMILES string of the molecule is COC(=O)c1ccc([C@@H]2C=C(c3ccc(C)c(C)c3)Nc3nnnn32)cc1. The van der Waals surface area contributed by atoms with Gasteiger partial charge in [-0.05, 0) is 70.8 Å². The molecule has 0 unspecified atom stereocenters. The summed E-state index contributed by atoms with van der Waals surface area (Å²) < 4.78 is 6.48. The molecule has 0 fully saturated rings. The highest BCUT2D eigenvalue weighted by Crippen LogP contribution is 2.32. The summed E-state index contributed by atoms with van der Waals surface area (Å²) in [7, 11) is 1.37. The number of hydrogen-bond donors (Lipinski definition) is 1. The van der Waals surface area contributed by atoms with Crippen LogP contribution < -0.4 is 5.32 Å². The lowest BCUT2D eigenvalue weighted by Gasteiger charge is -2.24. The van der Waals surface area contributed by atoms with Gasteiger partial charge in [0.05, 0.1) is 12.7 Å². The van der Waals surface area contributed by atoms with Crippen molar-refractivity contribution >= 4 is 17.6 Å². The number of methoxy groups -OCH3 is 1. The smallest absolute Gasteiger partial charge is 0.337 e. The molecule has 0 amide bonds. The van der Waals surface area contributed by atoms with Crippen molar-refractivity contribution in [2.45, 2.75) is 19.9 Å². The third-order valence-corrected chi connectivity index (χ3v) is 4.82. The van der Waals surface area contributed by atoms with Crippen LogP contribution in [0.5, 0.6) is 0 Å². The normalized spacial score (nSPS) is 15.5. The second-order valence-corrected chi connectivity index (χ2v) is 6.51. The Labute approximate surface area is 156 Å². The molecule has 4 rings (SSSR count). The second-order valence-electron chi connectivity index (χ2n) is 6.51. The van der Waals surface area contributed by atoms with E-state index in [0.717, 1.165) is 16.8 Å². The number of allylic oxidation sites excluding steroid dienone is 1. The summed E-state index contributed by atoms with van der Waals surface area (Å²) in [6.45, 7) is 4.18. The molecule has 136 valence electrons. The summed E-state index contributed by atoms with van der Waals surface area (Å²) >= 11 is 0. The van der Waals surface area contributed by atoms with Gasteiger partial charge in [-0.2, -0.15) is 4.68 Å². The number of anilines is 1. The molecule has 0 saturated carbocycles. The molecule has 27 heavy (non-hydrogen) atoms. The van der Waals surface area contributed by atoms with Gasteiger partial charge in [0.15, 0.2) is 0 Å². The van der Waals surface area contributed by atoms with Gasteiger partial charge in [0.25, 0.3) is 0 Å². The van der Waals surface area contributed by atoms with E-state index >= 15 is 0 Å². The van der Waals surface area contributed by atoms with Gasteiger partial charge in [-0.1, -0.05) is 29.4 Å². The van der Waals surface area contributed by atoms with Crippen LogP contribution in [0.25, 0.3) is 5.70 Å². The first-order valence-electron chi connectivity index (χ1n) is 8.59. The minimum atomic E-state index is -0.360. The van der Waals surface area contributed by atoms with Gasteiger partial charge in [-0.15, -0.1) is 0 Å². The number of aryl methyl sites for hydroxylation is 2. The van der Waals surface area contributed by atoms with E-state index < -0.39 is 0 Å². The zero-order valence-corrected chi connectivity index (χ0v) is 15.3. The van der Waals surface area contributed by atoms with Crippen molar-refractivity contribution < 1.29 is 9.53 Å². The molecule has 7 heteroatoms. The number of rotatable bonds is 3. The fourth-order valence-electron chi connectivity index (χ4n) is 3.10. The third kappa shape index (κ3) is 3.08. The van der Waals surface area contributed by atoms with Gasteiger partial charge >= 0.3 is 5.97 Å². The van der Waals surface area contributed by atoms with Crippen molar-refractivity contribution in [1.82, 2.24) is 20.2 Å². The van der Waals surface area contributed by atoms with Gasteiger partial charge in [0, 0.05) is 5.70 Å². The highest BCUT2D eigenvalue weighted by molar-refractivity contribution is 5.89. The van der Waals surface area contributed by atoms with Crippen LogP contribution in [-0.2, 0) is 4.74 Å². The standard InChI is InChI=1S/C20H19N5O2/c1-12-4-5-16(10-13(12)2)17-11-18(25-20(21-17)22-23-24-25)14-6-8-15(9-7-14)19(26)27-3/h4-11,18H,1-3H3,(H,21,22,24)/t18-/m0/s1. The highest BCUT2D eigenvalue weighted by atomic mass is 16.5. The number of nitrogens with one attached hydrogen (secondary N) is 1. The molecule has 2 heterocycles. The van der Waals surface area contributed by atoms with Crippen molar-refractivity contribution in [2.24, 2.45) is 0 Å². The molecule has 1 aromatic heterocycles. The number of ether oxygens (including phenoxy) is 1. The minimum Gasteiger partial charge on any atom is -0.465 e. The Kier molecular flexibility index (Phi) is 4.19. The molecular formula is C20H19N5O2. The van der Waals surface area contributed by atoms with Crippen LogP contribution in [-0.4, -0.2) is 33.3 Å². The van der Waals surface area contributed by atoms with Crippen LogP contribution in [0.2, 0.25) is 0 Å². The van der Waals surface area contributed by atoms with Gasteiger partial charge in [-0.3, -0.25) is 0 Å². The van der Waals surface area contributed by atoms with E-state index in [1.807, 2.05) is 12.1 Å². The van der Waals surface area contributed by atoms with Crippen LogP contribution >= 0.6 is 0 Å². The Bertz CT molecular complexity index is 1040. The van der Waals surface area contributed by atoms with Crippen LogP contribution in [0.3, 0.4) is 0 Å². The Morgan fingerprint density at radius 2 is 1.89 bits per heavy atom. The monoisotopic (exact) mass is 361 g/mol. The molecule has 7 nitrogen and oxygen atoms in total. The first kappa shape index (κ1) is 17.0. The topological polar surface area (TPSA) is 81.9 Å². The number of carbonyl (C=O) groups is 1. The molecular weight excluding hydrogens is 342 g/mol. The van der Waals surface area contributed by atoms with E-state index in [4.69, 9.17) is 4.74 Å². The number of carbonyl (C=O) groups excluding carboxylic acids is 1. The van der Waals surface area contributed by atoms with Crippen molar-refractivity contribution in [3.05, 3.63) is 76.4 Å². The summed E-state index contributed by atoms with van der Waals surface area (Å²) in [5.74, 6) is 0.217. The highest BCUT2D eigenvalue weighted by Gasteiger charge is 2.24. The first-order valence-corrected chi connectivity index (χ1v) is 8.59. The average molecular weight is 361 g/mol. The second kappa shape index (κ2) is 6.68. The van der Waals surface area contributed by atoms with Gasteiger partial charge < -0.3 is 10.1 Å². The number of esters is 1. The Hall–Kier alpha value is -3.48. The van der Waals surface area contributed by atoms with E-state index in [-0.39, 0.29) is 12.0 Å². The number of hydrogen-bond acceptors (Lipinski definition) is 6. The van der Waals surface area contributed by atoms with Crippen molar-refractivity contribution in [1.29, 1.82) is 0 Å². The summed E-state index contributed by atoms with van der Waals surface area (Å²) in [4.78, 5) is 11.7. The van der Waals surface area contributed by atoms with Crippen molar-refractivity contribution in [3.63, 3.8) is 0 Å². The van der Waals surface area contributed by atoms with E-state index in [2.05, 4.69) is 59.0 Å². The van der Waals surface area contributed by atoms with E-state index in [1.54, 1.807) is 16.8 Å². The van der Waals surface area contributed by atoms with Gasteiger partial charge in [0.2, 0.25) is 5.95 Å². The van der Waals surface area contributed by atoms with Gasteiger partial charge in [-0.25, -0.2) is 4.79 Å². The van der Waals surface area contributed by atoms with Crippen LogP contribution in [0.1, 0.15) is 38.7 Å². The lowest BCUT2D eigenvalue weighted by molar-refractivity contribution is 0.0600. The first-order chi connectivity index (χ1) is 13.1. The lowest BCUT2D eigenvalue weighted by Crippen LogP contribution is -2.20. The van der Waals surface area contributed by atoms with Gasteiger partial charge in [0.1, 0.15) is 6.04 Å². The largest absolute Gasteiger partial charge is 0.465 e. The maximum atomic E-state index is 11.7. The fourth-order valence-corrected chi connectivity index (χ4v) is 3.10. The predicted octanol–water partition coefficient (Wildman–Crippen LogP) is 3.13. The number of aromatic nitrogens is 4. The van der Waals surface area contributed by atoms with Crippen LogP contribution in [0.4, 0.5) is 5.95 Å². The summed E-state index contributed by atoms with van der Waals surface area (Å²) in [6, 6.07) is 13.4. The predicted molar refractivity (Wildman–Crippen MR) is 101 cm³/mol. The summed E-state index contributed by atoms with van der Waals surface area (Å²) in [6.07, 6.45) is 2.08. The minimum absolute atomic E-state index is 0.181. The number of fused-ring (bicyclic) bond motifs is 1. The molecule has 1 aliphatic heterocycles. The number of tetrazole rings is 1. The Morgan fingerprint density at radius 3 is 2.59 bits per heavy atom. The Morgan fingerprint density at radius 1 is 1.11 bits per heavy atom. The zero-order valence-electron chi connectivity index (χ0n) is 15.3. The maximum Gasteiger partial charge on any atom is 0.337 e. The molecule has 1 atom stereocenters. The average Bonchev–Trinajstić information content (AvgIpc) is 3.17. The van der Waals surface area contributed by atoms with Crippen molar-refractivity contribution in [2.75, 3.05) is 12.4 Å². The molecule has 0 aliphatic carbocycles. The molecule has 1 aliphatic rings. The van der Waals surface area contributed by atoms with Crippen molar-refractivity contribution in [3.8, 4) is 0 Å². The number of benzene rings is 2. The molecule has 2 aromatic carbocycles. The quantitative estimate of drug-likeness (QED) is 0.722. The van der Waals surface area contributed by atoms with Crippen LogP contribution in [0, 0.1) is 13.8 Å². The third-order valence-electron chi connectivity index (χ3n) is 4.82. The molecule has 0 spiro atoms. The molecule has 0 radical (unpaired) electrons. The van der Waals surface area contributed by atoms with E-state index in [1.165, 1.54) is 18.2 Å². The zero-order chi connectivity index (χ0) is 19.0. The van der Waals surface area contributed by atoms with Crippen LogP contribution in [0.15, 0.2) is 48.5 Å². The molecule has 0 bridgehead atoms. The lowest BCUT2D eigenvalue weighted by atomic mass is 9.99. The maximum absolute atomic E-state index is 11.7. The van der Waals surface area contributed by atoms with E-state index in [0.29, 0.717) is 11.5 Å². The molecule has 1 N–H and O–H groups in total. The molecule has 0 saturated heterocycles. The number of nitrogens with zero attached hydrogens (tertiary/aromatic N) is 4. The molecule has 3 aromatic rings. The summed E-state index contributed by atoms with van der Waals surface area (Å²) in [5, 5.41) is 15.3. The Balaban J connectivity index is 1.75. The summed E-state index contributed by atoms with van der Waals surface area (Å²) in [5.41, 5.74) is 5.96. The van der Waals surface area contributed by atoms with E-state index in [9.17, 15) is 4.79 Å². The fraction of sp³-hybridized carbons (Fsp3) is 0.200.